The molecule has 0 fully saturated rings. The Balaban J connectivity index is 5.08. The van der Waals surface area contributed by atoms with Crippen molar-refractivity contribution in [1.82, 2.24) is 0 Å². The van der Waals surface area contributed by atoms with Crippen LogP contribution in [0.2, 0.25) is 0 Å². The minimum Gasteiger partial charge on any atom is -0.247 e. The maximum atomic E-state index is 13.0. The average molecular weight is 210 g/mol. The number of alkyl halides is 1. The molecule has 1 heteroatoms. The molecular formula is C14H23F. The standard InChI is InChI=1S/C14H23F/c1-7-9-13(14(4,5)6)12(8-2)10-11(3)15/h7-9,11H,1,10H2,2-6H3/b12-8-,13-9+. The molecule has 0 aromatic carbocycles. The fraction of sp³-hybridized carbons (Fsp3) is 0.571. The smallest absolute Gasteiger partial charge is 0.101 e. The van der Waals surface area contributed by atoms with E-state index in [0.717, 1.165) is 5.57 Å². The largest absolute Gasteiger partial charge is 0.247 e. The predicted molar refractivity (Wildman–Crippen MR) is 66.7 cm³/mol. The van der Waals surface area contributed by atoms with Crippen LogP contribution in [-0.4, -0.2) is 6.17 Å². The molecule has 0 amide bonds. The van der Waals surface area contributed by atoms with Crippen LogP contribution in [0.5, 0.6) is 0 Å². The lowest BCUT2D eigenvalue weighted by Crippen LogP contribution is -2.13. The Morgan fingerprint density at radius 3 is 2.20 bits per heavy atom. The van der Waals surface area contributed by atoms with Gasteiger partial charge in [-0.15, -0.1) is 0 Å². The maximum Gasteiger partial charge on any atom is 0.101 e. The summed E-state index contributed by atoms with van der Waals surface area (Å²) in [4.78, 5) is 0. The van der Waals surface area contributed by atoms with Gasteiger partial charge in [0.15, 0.2) is 0 Å². The second kappa shape index (κ2) is 5.89. The molecule has 0 bridgehead atoms. The van der Waals surface area contributed by atoms with E-state index in [9.17, 15) is 4.39 Å². The van der Waals surface area contributed by atoms with Gasteiger partial charge in [0.2, 0.25) is 0 Å². The summed E-state index contributed by atoms with van der Waals surface area (Å²) in [7, 11) is 0. The third-order valence-electron chi connectivity index (χ3n) is 2.29. The van der Waals surface area contributed by atoms with E-state index in [1.54, 1.807) is 13.0 Å². The molecule has 0 N–H and O–H groups in total. The van der Waals surface area contributed by atoms with Crippen LogP contribution in [-0.2, 0) is 0 Å². The van der Waals surface area contributed by atoms with Crippen molar-refractivity contribution in [3.8, 4) is 0 Å². The van der Waals surface area contributed by atoms with Crippen molar-refractivity contribution >= 4 is 0 Å². The van der Waals surface area contributed by atoms with Crippen LogP contribution in [0.1, 0.15) is 41.0 Å². The Hall–Kier alpha value is -0.850. The first-order chi connectivity index (χ1) is 6.82. The molecule has 0 saturated carbocycles. The minimum absolute atomic E-state index is 0.0327. The highest BCUT2D eigenvalue weighted by atomic mass is 19.1. The van der Waals surface area contributed by atoms with Crippen LogP contribution >= 0.6 is 0 Å². The predicted octanol–water partition coefficient (Wildman–Crippen LogP) is 4.84. The van der Waals surface area contributed by atoms with Crippen molar-refractivity contribution in [2.75, 3.05) is 0 Å². The van der Waals surface area contributed by atoms with Crippen molar-refractivity contribution in [3.63, 3.8) is 0 Å². The monoisotopic (exact) mass is 210 g/mol. The molecule has 0 saturated heterocycles. The Kier molecular flexibility index (Phi) is 5.56. The van der Waals surface area contributed by atoms with E-state index in [1.807, 2.05) is 19.1 Å². The van der Waals surface area contributed by atoms with E-state index in [-0.39, 0.29) is 5.41 Å². The van der Waals surface area contributed by atoms with Crippen molar-refractivity contribution in [3.05, 3.63) is 36.0 Å². The second-order valence-corrected chi connectivity index (χ2v) is 4.86. The lowest BCUT2D eigenvalue weighted by Gasteiger charge is -2.25. The molecule has 0 aliphatic carbocycles. The van der Waals surface area contributed by atoms with Gasteiger partial charge >= 0.3 is 0 Å². The van der Waals surface area contributed by atoms with Gasteiger partial charge in [-0.05, 0) is 30.4 Å². The van der Waals surface area contributed by atoms with Gasteiger partial charge in [-0.25, -0.2) is 4.39 Å². The van der Waals surface area contributed by atoms with E-state index in [1.165, 1.54) is 5.57 Å². The number of hydrogen-bond donors (Lipinski definition) is 0. The summed E-state index contributed by atoms with van der Waals surface area (Å²) >= 11 is 0. The molecule has 0 aromatic heterocycles. The zero-order valence-electron chi connectivity index (χ0n) is 10.6. The normalized spacial score (nSPS) is 16.4. The van der Waals surface area contributed by atoms with E-state index in [2.05, 4.69) is 27.4 Å². The topological polar surface area (TPSA) is 0 Å². The van der Waals surface area contributed by atoms with E-state index >= 15 is 0 Å². The molecule has 0 aliphatic heterocycles. The Labute approximate surface area is 93.6 Å². The summed E-state index contributed by atoms with van der Waals surface area (Å²) in [5.41, 5.74) is 2.28. The van der Waals surface area contributed by atoms with Crippen LogP contribution in [0, 0.1) is 5.41 Å². The van der Waals surface area contributed by atoms with Gasteiger partial charge < -0.3 is 0 Å². The first-order valence-corrected chi connectivity index (χ1v) is 5.45. The summed E-state index contributed by atoms with van der Waals surface area (Å²) < 4.78 is 13.0. The SMILES string of the molecule is C=C/C=C(\C(=C/C)CC(C)F)C(C)(C)C. The number of rotatable bonds is 4. The van der Waals surface area contributed by atoms with Crippen LogP contribution in [0.15, 0.2) is 36.0 Å². The quantitative estimate of drug-likeness (QED) is 0.582. The first-order valence-electron chi connectivity index (χ1n) is 5.45. The Morgan fingerprint density at radius 1 is 1.40 bits per heavy atom. The molecule has 0 rings (SSSR count). The molecule has 0 heterocycles. The number of halogens is 1. The van der Waals surface area contributed by atoms with Crippen LogP contribution in [0.25, 0.3) is 0 Å². The fourth-order valence-corrected chi connectivity index (χ4v) is 1.64. The third kappa shape index (κ3) is 4.96. The zero-order chi connectivity index (χ0) is 12.1. The van der Waals surface area contributed by atoms with Crippen LogP contribution < -0.4 is 0 Å². The highest BCUT2D eigenvalue weighted by molar-refractivity contribution is 5.37. The average Bonchev–Trinajstić information content (AvgIpc) is 2.08. The van der Waals surface area contributed by atoms with Crippen molar-refractivity contribution in [1.29, 1.82) is 0 Å². The molecule has 86 valence electrons. The summed E-state index contributed by atoms with van der Waals surface area (Å²) in [6.07, 6.45) is 5.43. The van der Waals surface area contributed by atoms with Crippen LogP contribution in [0.4, 0.5) is 4.39 Å². The third-order valence-corrected chi connectivity index (χ3v) is 2.29. The number of allylic oxidation sites excluding steroid dienone is 5. The van der Waals surface area contributed by atoms with E-state index < -0.39 is 6.17 Å². The molecule has 0 spiro atoms. The van der Waals surface area contributed by atoms with Gasteiger partial charge in [0.05, 0.1) is 0 Å². The summed E-state index contributed by atoms with van der Waals surface area (Å²) in [6.45, 7) is 13.7. The lowest BCUT2D eigenvalue weighted by molar-refractivity contribution is 0.356. The lowest BCUT2D eigenvalue weighted by atomic mass is 9.80. The van der Waals surface area contributed by atoms with Crippen molar-refractivity contribution in [2.24, 2.45) is 5.41 Å². The second-order valence-electron chi connectivity index (χ2n) is 4.86. The van der Waals surface area contributed by atoms with Gasteiger partial charge in [0, 0.05) is 6.42 Å². The summed E-state index contributed by atoms with van der Waals surface area (Å²) in [5.74, 6) is 0. The molecule has 1 atom stereocenters. The minimum atomic E-state index is -0.799. The van der Waals surface area contributed by atoms with E-state index in [4.69, 9.17) is 0 Å². The molecule has 15 heavy (non-hydrogen) atoms. The van der Waals surface area contributed by atoms with Crippen molar-refractivity contribution < 1.29 is 4.39 Å². The molecule has 0 aromatic rings. The van der Waals surface area contributed by atoms with E-state index in [0.29, 0.717) is 6.42 Å². The highest BCUT2D eigenvalue weighted by Gasteiger charge is 2.20. The number of hydrogen-bond acceptors (Lipinski definition) is 0. The van der Waals surface area contributed by atoms with Gasteiger partial charge in [0.1, 0.15) is 6.17 Å². The maximum absolute atomic E-state index is 13.0. The van der Waals surface area contributed by atoms with Gasteiger partial charge in [-0.2, -0.15) is 0 Å². The van der Waals surface area contributed by atoms with Gasteiger partial charge in [-0.3, -0.25) is 0 Å². The molecule has 1 unspecified atom stereocenters. The van der Waals surface area contributed by atoms with Gasteiger partial charge in [0.25, 0.3) is 0 Å². The zero-order valence-corrected chi connectivity index (χ0v) is 10.6. The summed E-state index contributed by atoms with van der Waals surface area (Å²) in [6, 6.07) is 0. The van der Waals surface area contributed by atoms with Crippen molar-refractivity contribution in [2.45, 2.75) is 47.2 Å². The molecular weight excluding hydrogens is 187 g/mol. The molecule has 0 radical (unpaired) electrons. The first kappa shape index (κ1) is 14.2. The van der Waals surface area contributed by atoms with Gasteiger partial charge in [-0.1, -0.05) is 45.6 Å². The highest BCUT2D eigenvalue weighted by Crippen LogP contribution is 2.33. The Bertz CT molecular complexity index is 262. The fourth-order valence-electron chi connectivity index (χ4n) is 1.64. The molecule has 0 aliphatic rings. The van der Waals surface area contributed by atoms with Crippen LogP contribution in [0.3, 0.4) is 0 Å². The Morgan fingerprint density at radius 2 is 1.93 bits per heavy atom. The summed E-state index contributed by atoms with van der Waals surface area (Å²) in [5, 5.41) is 0. The molecule has 0 nitrogen and oxygen atoms in total.